The van der Waals surface area contributed by atoms with Gasteiger partial charge < -0.3 is 14.8 Å². The number of benzene rings is 3. The van der Waals surface area contributed by atoms with Crippen LogP contribution in [0.5, 0.6) is 11.5 Å². The van der Waals surface area contributed by atoms with Gasteiger partial charge in [-0.15, -0.1) is 10.2 Å². The maximum Gasteiger partial charge on any atom is 0.238 e. The van der Waals surface area contributed by atoms with Crippen molar-refractivity contribution in [3.05, 3.63) is 83.7 Å². The zero-order valence-corrected chi connectivity index (χ0v) is 23.7. The first-order chi connectivity index (χ1) is 20.1. The van der Waals surface area contributed by atoms with Crippen molar-refractivity contribution >= 4 is 11.6 Å². The lowest BCUT2D eigenvalue weighted by Crippen LogP contribution is -2.36. The fourth-order valence-corrected chi connectivity index (χ4v) is 5.82. The Kier molecular flexibility index (Phi) is 7.98. The van der Waals surface area contributed by atoms with E-state index in [1.807, 2.05) is 36.4 Å². The van der Waals surface area contributed by atoms with Gasteiger partial charge in [0.15, 0.2) is 17.3 Å². The van der Waals surface area contributed by atoms with Crippen molar-refractivity contribution in [1.82, 2.24) is 24.6 Å². The second-order valence-electron chi connectivity index (χ2n) is 10.6. The minimum Gasteiger partial charge on any atom is -0.493 e. The fraction of sp³-hybridized carbons (Fsp3) is 0.344. The van der Waals surface area contributed by atoms with E-state index in [4.69, 9.17) is 9.47 Å². The molecule has 6 rings (SSSR count). The van der Waals surface area contributed by atoms with E-state index in [2.05, 4.69) is 60.2 Å². The first kappa shape index (κ1) is 27.0. The van der Waals surface area contributed by atoms with Crippen molar-refractivity contribution < 1.29 is 14.3 Å². The Morgan fingerprint density at radius 3 is 2.49 bits per heavy atom. The highest BCUT2D eigenvalue weighted by Gasteiger charge is 2.23. The summed E-state index contributed by atoms with van der Waals surface area (Å²) in [6.45, 7) is 4.88. The summed E-state index contributed by atoms with van der Waals surface area (Å²) in [5.74, 6) is 3.32. The predicted octanol–water partition coefficient (Wildman–Crippen LogP) is 4.20. The molecule has 1 aromatic heterocycles. The molecule has 0 unspecified atom stereocenters. The Labute approximate surface area is 240 Å². The quantitative estimate of drug-likeness (QED) is 0.351. The summed E-state index contributed by atoms with van der Waals surface area (Å²) in [7, 11) is 3.31. The molecule has 1 saturated heterocycles. The highest BCUT2D eigenvalue weighted by Crippen LogP contribution is 2.31. The second kappa shape index (κ2) is 12.1. The summed E-state index contributed by atoms with van der Waals surface area (Å²) >= 11 is 0. The van der Waals surface area contributed by atoms with Crippen LogP contribution in [0.15, 0.2) is 66.7 Å². The maximum absolute atomic E-state index is 13.0. The molecule has 9 heteroatoms. The Morgan fingerprint density at radius 2 is 1.66 bits per heavy atom. The first-order valence-corrected chi connectivity index (χ1v) is 14.2. The largest absolute Gasteiger partial charge is 0.493 e. The molecular formula is C32H36N6O3. The van der Waals surface area contributed by atoms with Gasteiger partial charge in [0.05, 0.1) is 26.5 Å². The van der Waals surface area contributed by atoms with Crippen molar-refractivity contribution in [3.8, 4) is 28.6 Å². The second-order valence-corrected chi connectivity index (χ2v) is 10.6. The molecule has 0 atom stereocenters. The molecule has 2 aliphatic rings. The third-order valence-electron chi connectivity index (χ3n) is 7.89. The van der Waals surface area contributed by atoms with Crippen LogP contribution in [-0.4, -0.2) is 77.4 Å². The normalized spacial score (nSPS) is 15.5. The molecule has 2 aliphatic heterocycles. The number of nitrogens with one attached hydrogen (secondary N) is 1. The SMILES string of the molecule is COc1ccc(CN2CCCN(CC(=O)Nc3ccc4c(c3)CCc3nnc(-c5ccccc5)n3-4)CC2)cc1OC. The van der Waals surface area contributed by atoms with Crippen molar-refractivity contribution in [3.63, 3.8) is 0 Å². The number of carbonyl (C=O) groups excluding carboxylic acids is 1. The van der Waals surface area contributed by atoms with E-state index in [9.17, 15) is 4.79 Å². The number of amides is 1. The van der Waals surface area contributed by atoms with Gasteiger partial charge in [0.25, 0.3) is 0 Å². The number of rotatable bonds is 8. The maximum atomic E-state index is 13.0. The molecule has 0 aliphatic carbocycles. The minimum absolute atomic E-state index is 0.0176. The van der Waals surface area contributed by atoms with Crippen molar-refractivity contribution in [2.45, 2.75) is 25.8 Å². The highest BCUT2D eigenvalue weighted by atomic mass is 16.5. The third kappa shape index (κ3) is 5.96. The molecule has 3 heterocycles. The van der Waals surface area contributed by atoms with Crippen molar-refractivity contribution in [1.29, 1.82) is 0 Å². The lowest BCUT2D eigenvalue weighted by molar-refractivity contribution is -0.117. The average molecular weight is 553 g/mol. The van der Waals surface area contributed by atoms with Gasteiger partial charge in [-0.05, 0) is 67.4 Å². The lowest BCUT2D eigenvalue weighted by Gasteiger charge is -2.22. The summed E-state index contributed by atoms with van der Waals surface area (Å²) in [5, 5.41) is 12.1. The standard InChI is InChI=1S/C32H36N6O3/c1-40-28-13-9-23(19-29(28)41-2)21-36-15-6-16-37(18-17-36)22-31(39)33-26-11-12-27-25(20-26)10-14-30-34-35-32(38(27)30)24-7-4-3-5-8-24/h3-5,7-9,11-13,19-20H,6,10,14-18,21-22H2,1-2H3,(H,33,39). The van der Waals surface area contributed by atoms with Crippen LogP contribution in [0.2, 0.25) is 0 Å². The van der Waals surface area contributed by atoms with Gasteiger partial charge in [-0.3, -0.25) is 19.2 Å². The van der Waals surface area contributed by atoms with E-state index in [1.54, 1.807) is 14.2 Å². The molecule has 4 aromatic rings. The molecule has 0 spiro atoms. The van der Waals surface area contributed by atoms with E-state index in [-0.39, 0.29) is 5.91 Å². The van der Waals surface area contributed by atoms with Crippen LogP contribution in [0.25, 0.3) is 17.1 Å². The van der Waals surface area contributed by atoms with Crippen LogP contribution in [0, 0.1) is 0 Å². The number of carbonyl (C=O) groups is 1. The number of hydrogen-bond donors (Lipinski definition) is 1. The van der Waals surface area contributed by atoms with Crippen LogP contribution < -0.4 is 14.8 Å². The lowest BCUT2D eigenvalue weighted by atomic mass is 10.0. The molecule has 0 radical (unpaired) electrons. The summed E-state index contributed by atoms with van der Waals surface area (Å²) in [5.41, 5.74) is 5.33. The van der Waals surface area contributed by atoms with Crippen LogP contribution in [0.1, 0.15) is 23.4 Å². The molecule has 41 heavy (non-hydrogen) atoms. The smallest absolute Gasteiger partial charge is 0.238 e. The number of ether oxygens (including phenoxy) is 2. The average Bonchev–Trinajstić information content (AvgIpc) is 3.33. The summed E-state index contributed by atoms with van der Waals surface area (Å²) in [6.07, 6.45) is 2.70. The number of fused-ring (bicyclic) bond motifs is 3. The van der Waals surface area contributed by atoms with Crippen LogP contribution >= 0.6 is 0 Å². The highest BCUT2D eigenvalue weighted by molar-refractivity contribution is 5.92. The van der Waals surface area contributed by atoms with E-state index < -0.39 is 0 Å². The molecule has 212 valence electrons. The number of aromatic nitrogens is 3. The molecule has 3 aromatic carbocycles. The van der Waals surface area contributed by atoms with Crippen molar-refractivity contribution in [2.75, 3.05) is 52.3 Å². The number of methoxy groups -OCH3 is 2. The molecule has 0 saturated carbocycles. The monoisotopic (exact) mass is 552 g/mol. The van der Waals surface area contributed by atoms with Gasteiger partial charge in [0.2, 0.25) is 5.91 Å². The predicted molar refractivity (Wildman–Crippen MR) is 159 cm³/mol. The Balaban J connectivity index is 1.06. The van der Waals surface area contributed by atoms with Crippen LogP contribution in [0.4, 0.5) is 5.69 Å². The van der Waals surface area contributed by atoms with Gasteiger partial charge in [-0.2, -0.15) is 0 Å². The fourth-order valence-electron chi connectivity index (χ4n) is 5.82. The molecule has 0 bridgehead atoms. The van der Waals surface area contributed by atoms with Crippen molar-refractivity contribution in [2.24, 2.45) is 0 Å². The number of anilines is 1. The minimum atomic E-state index is 0.0176. The number of aryl methyl sites for hydroxylation is 2. The molecular weight excluding hydrogens is 516 g/mol. The molecule has 9 nitrogen and oxygen atoms in total. The number of hydrogen-bond acceptors (Lipinski definition) is 7. The van der Waals surface area contributed by atoms with Gasteiger partial charge in [-0.1, -0.05) is 36.4 Å². The van der Waals surface area contributed by atoms with E-state index >= 15 is 0 Å². The molecule has 1 fully saturated rings. The zero-order chi connectivity index (χ0) is 28.2. The topological polar surface area (TPSA) is 84.8 Å². The van der Waals surface area contributed by atoms with Gasteiger partial charge in [-0.25, -0.2) is 0 Å². The Morgan fingerprint density at radius 1 is 0.854 bits per heavy atom. The summed E-state index contributed by atoms with van der Waals surface area (Å²) in [4.78, 5) is 17.7. The molecule has 1 amide bonds. The molecule has 1 N–H and O–H groups in total. The van der Waals surface area contributed by atoms with E-state index in [1.165, 1.54) is 11.1 Å². The zero-order valence-electron chi connectivity index (χ0n) is 23.7. The van der Waals surface area contributed by atoms with Gasteiger partial charge >= 0.3 is 0 Å². The number of nitrogens with zero attached hydrogens (tertiary/aromatic N) is 5. The first-order valence-electron chi connectivity index (χ1n) is 14.2. The van der Waals surface area contributed by atoms with E-state index in [0.717, 1.165) is 92.1 Å². The Hall–Kier alpha value is -4.21. The van der Waals surface area contributed by atoms with Gasteiger partial charge in [0, 0.05) is 37.3 Å². The summed E-state index contributed by atoms with van der Waals surface area (Å²) in [6, 6.07) is 22.4. The Bertz CT molecular complexity index is 1520. The van der Waals surface area contributed by atoms with E-state index in [0.29, 0.717) is 6.54 Å². The third-order valence-corrected chi connectivity index (χ3v) is 7.89. The summed E-state index contributed by atoms with van der Waals surface area (Å²) < 4.78 is 13.0. The van der Waals surface area contributed by atoms with Crippen LogP contribution in [0.3, 0.4) is 0 Å². The van der Waals surface area contributed by atoms with Crippen LogP contribution in [-0.2, 0) is 24.2 Å². The van der Waals surface area contributed by atoms with Gasteiger partial charge in [0.1, 0.15) is 5.82 Å².